The highest BCUT2D eigenvalue weighted by molar-refractivity contribution is 6.60. The van der Waals surface area contributed by atoms with Crippen molar-refractivity contribution in [1.82, 2.24) is 0 Å². The molecule has 0 aromatic rings. The van der Waals surface area contributed by atoms with Gasteiger partial charge >= 0.3 is 8.80 Å². The largest absolute Gasteiger partial charge is 0.500 e. The molecule has 6 heteroatoms. The van der Waals surface area contributed by atoms with Crippen LogP contribution in [-0.2, 0) is 13.3 Å². The molecule has 0 aliphatic heterocycles. The first-order valence-corrected chi connectivity index (χ1v) is 14.1. The molecule has 0 rings (SSSR count). The second kappa shape index (κ2) is 23.7. The summed E-state index contributed by atoms with van der Waals surface area (Å²) < 4.78 is 16.4. The van der Waals surface area contributed by atoms with Crippen LogP contribution in [0.4, 0.5) is 0 Å². The zero-order valence-electron chi connectivity index (χ0n) is 20.5. The van der Waals surface area contributed by atoms with Gasteiger partial charge in [-0.15, -0.1) is 12.4 Å². The number of halogens is 1. The second-order valence-electron chi connectivity index (χ2n) is 8.32. The van der Waals surface area contributed by atoms with E-state index in [0.717, 1.165) is 25.3 Å². The summed E-state index contributed by atoms with van der Waals surface area (Å²) in [4.78, 5) is 0. The summed E-state index contributed by atoms with van der Waals surface area (Å²) in [5.74, 6) is 0. The maximum absolute atomic E-state index is 6.27. The van der Waals surface area contributed by atoms with E-state index < -0.39 is 8.80 Å². The average Bonchev–Trinajstić information content (AvgIpc) is 2.74. The normalized spacial score (nSPS) is 13.0. The van der Waals surface area contributed by atoms with Crippen molar-refractivity contribution < 1.29 is 13.3 Å². The maximum Gasteiger partial charge on any atom is 0.500 e. The predicted molar refractivity (Wildman–Crippen MR) is 135 cm³/mol. The zero-order valence-corrected chi connectivity index (χ0v) is 22.3. The van der Waals surface area contributed by atoms with Crippen molar-refractivity contribution >= 4 is 21.2 Å². The fraction of sp³-hybridized carbons (Fsp3) is 0.917. The van der Waals surface area contributed by atoms with Gasteiger partial charge in [-0.2, -0.15) is 0 Å². The summed E-state index contributed by atoms with van der Waals surface area (Å²) in [7, 11) is 2.59. The Morgan fingerprint density at radius 3 is 1.60 bits per heavy atom. The molecule has 2 N–H and O–H groups in total. The first-order chi connectivity index (χ1) is 14.1. The maximum atomic E-state index is 6.27. The molecule has 0 aromatic heterocycles. The summed E-state index contributed by atoms with van der Waals surface area (Å²) in [5, 5.41) is 0. The topological polar surface area (TPSA) is 53.7 Å². The Bertz CT molecular complexity index is 360. The minimum absolute atomic E-state index is 0. The monoisotopic (exact) mass is 465 g/mol. The van der Waals surface area contributed by atoms with Crippen LogP contribution in [0.3, 0.4) is 0 Å². The lowest BCUT2D eigenvalue weighted by atomic mass is 10.0. The highest BCUT2D eigenvalue weighted by Gasteiger charge is 2.36. The van der Waals surface area contributed by atoms with Crippen molar-refractivity contribution in [2.24, 2.45) is 5.73 Å². The molecule has 0 aromatic carbocycles. The summed E-state index contributed by atoms with van der Waals surface area (Å²) in [5.41, 5.74) is 6.27. The summed E-state index contributed by atoms with van der Waals surface area (Å²) in [6.07, 6.45) is 25.4. The lowest BCUT2D eigenvalue weighted by molar-refractivity contribution is 0.122. The van der Waals surface area contributed by atoms with Crippen LogP contribution in [0.5, 0.6) is 0 Å². The van der Waals surface area contributed by atoms with Gasteiger partial charge in [-0.25, -0.2) is 0 Å². The molecule has 30 heavy (non-hydrogen) atoms. The van der Waals surface area contributed by atoms with Crippen LogP contribution in [0.25, 0.3) is 0 Å². The van der Waals surface area contributed by atoms with Gasteiger partial charge in [-0.3, -0.25) is 0 Å². The fourth-order valence-corrected chi connectivity index (χ4v) is 5.51. The van der Waals surface area contributed by atoms with Crippen molar-refractivity contribution in [3.63, 3.8) is 0 Å². The number of unbranched alkanes of at least 4 members (excludes halogenated alkanes) is 11. The Hall–Kier alpha value is 0.0869. The van der Waals surface area contributed by atoms with Crippen LogP contribution >= 0.6 is 12.4 Å². The van der Waals surface area contributed by atoms with E-state index in [-0.39, 0.29) is 18.4 Å². The van der Waals surface area contributed by atoms with Crippen molar-refractivity contribution in [3.05, 3.63) is 12.2 Å². The van der Waals surface area contributed by atoms with E-state index in [1.165, 1.54) is 83.5 Å². The minimum Gasteiger partial charge on any atom is -0.377 e. The zero-order chi connectivity index (χ0) is 21.6. The van der Waals surface area contributed by atoms with Gasteiger partial charge in [0, 0.05) is 33.4 Å². The first-order valence-electron chi connectivity index (χ1n) is 12.2. The van der Waals surface area contributed by atoms with E-state index in [0.29, 0.717) is 0 Å². The summed E-state index contributed by atoms with van der Waals surface area (Å²) in [6, 6.07) is 1.13. The molecule has 0 radical (unpaired) electrons. The minimum atomic E-state index is -2.42. The molecule has 1 unspecified atom stereocenters. The van der Waals surface area contributed by atoms with E-state index in [9.17, 15) is 0 Å². The smallest absolute Gasteiger partial charge is 0.377 e. The Balaban J connectivity index is 0. The average molecular weight is 466 g/mol. The van der Waals surface area contributed by atoms with Gasteiger partial charge in [-0.05, 0) is 44.9 Å². The quantitative estimate of drug-likeness (QED) is 0.102. The Morgan fingerprint density at radius 2 is 1.10 bits per heavy atom. The molecule has 0 aliphatic rings. The Labute approximate surface area is 195 Å². The van der Waals surface area contributed by atoms with E-state index in [2.05, 4.69) is 19.1 Å². The highest BCUT2D eigenvalue weighted by atomic mass is 35.5. The molecule has 182 valence electrons. The Kier molecular flexibility index (Phi) is 25.5. The summed E-state index contributed by atoms with van der Waals surface area (Å²) in [6.45, 7) is 2.28. The third kappa shape index (κ3) is 18.8. The second-order valence-corrected chi connectivity index (χ2v) is 11.4. The van der Waals surface area contributed by atoms with Crippen molar-refractivity contribution in [3.8, 4) is 0 Å². The van der Waals surface area contributed by atoms with Crippen LogP contribution in [0, 0.1) is 0 Å². The molecular formula is C24H52ClNO3Si. The molecule has 0 saturated carbocycles. The molecule has 0 amide bonds. The lowest BCUT2D eigenvalue weighted by Crippen LogP contribution is -2.42. The van der Waals surface area contributed by atoms with Crippen LogP contribution in [0.15, 0.2) is 12.2 Å². The molecule has 0 saturated heterocycles. The van der Waals surface area contributed by atoms with E-state index in [4.69, 9.17) is 19.0 Å². The van der Waals surface area contributed by atoms with Gasteiger partial charge in [0.2, 0.25) is 0 Å². The molecule has 0 aliphatic carbocycles. The van der Waals surface area contributed by atoms with E-state index in [1.807, 2.05) is 0 Å². The van der Waals surface area contributed by atoms with E-state index >= 15 is 0 Å². The van der Waals surface area contributed by atoms with Crippen molar-refractivity contribution in [2.45, 2.75) is 122 Å². The highest BCUT2D eigenvalue weighted by Crippen LogP contribution is 2.18. The standard InChI is InChI=1S/C24H51NO3Si.ClH/c1-5-6-7-8-9-10-11-12-13-14-15-16-17-18-19-21-24(25)22-20-23-29(26-2,27-3)28-4;/h12-13,24H,5-11,14-23,25H2,1-4H3;1H/b13-12-;. The first kappa shape index (κ1) is 32.3. The van der Waals surface area contributed by atoms with Crippen LogP contribution in [0.2, 0.25) is 6.04 Å². The van der Waals surface area contributed by atoms with Gasteiger partial charge in [0.1, 0.15) is 0 Å². The molecule has 0 heterocycles. The number of hydrogen-bond acceptors (Lipinski definition) is 4. The van der Waals surface area contributed by atoms with Gasteiger partial charge in [-0.1, -0.05) is 76.9 Å². The number of nitrogens with two attached hydrogens (primary N) is 1. The van der Waals surface area contributed by atoms with Crippen molar-refractivity contribution in [2.75, 3.05) is 21.3 Å². The van der Waals surface area contributed by atoms with Gasteiger partial charge in [0.15, 0.2) is 0 Å². The van der Waals surface area contributed by atoms with Gasteiger partial charge in [0.25, 0.3) is 0 Å². The van der Waals surface area contributed by atoms with Crippen LogP contribution in [0.1, 0.15) is 110 Å². The predicted octanol–water partition coefficient (Wildman–Crippen LogP) is 7.43. The molecule has 4 nitrogen and oxygen atoms in total. The van der Waals surface area contributed by atoms with Crippen molar-refractivity contribution in [1.29, 1.82) is 0 Å². The molecule has 0 spiro atoms. The number of rotatable bonds is 22. The lowest BCUT2D eigenvalue weighted by Gasteiger charge is -2.24. The summed E-state index contributed by atoms with van der Waals surface area (Å²) >= 11 is 0. The molecule has 0 fully saturated rings. The number of hydrogen-bond donors (Lipinski definition) is 1. The van der Waals surface area contributed by atoms with Gasteiger partial charge < -0.3 is 19.0 Å². The number of allylic oxidation sites excluding steroid dienone is 2. The van der Waals surface area contributed by atoms with E-state index in [1.54, 1.807) is 21.3 Å². The molecule has 1 atom stereocenters. The third-order valence-electron chi connectivity index (χ3n) is 5.83. The fourth-order valence-electron chi connectivity index (χ4n) is 3.76. The third-order valence-corrected chi connectivity index (χ3v) is 8.66. The van der Waals surface area contributed by atoms with Crippen LogP contribution in [-0.4, -0.2) is 36.2 Å². The Morgan fingerprint density at radius 1 is 0.667 bits per heavy atom. The molecular weight excluding hydrogens is 414 g/mol. The van der Waals surface area contributed by atoms with Crippen LogP contribution < -0.4 is 5.73 Å². The molecule has 0 bridgehead atoms. The SMILES string of the molecule is CCCCCCCC/C=C\CCCCCCCC(N)CCC[Si](OC)(OC)OC.Cl. The van der Waals surface area contributed by atoms with Gasteiger partial charge in [0.05, 0.1) is 0 Å².